The number of oxime groups is 1. The molecule has 312 valence electrons. The molecule has 0 saturated heterocycles. The van der Waals surface area contributed by atoms with Gasteiger partial charge in [-0.2, -0.15) is 0 Å². The van der Waals surface area contributed by atoms with Gasteiger partial charge in [-0.15, -0.1) is 6.58 Å². The van der Waals surface area contributed by atoms with Crippen molar-refractivity contribution in [2.24, 2.45) is 22.9 Å². The molecule has 2 aromatic carbocycles. The van der Waals surface area contributed by atoms with Gasteiger partial charge in [-0.1, -0.05) is 66.5 Å². The molecular weight excluding hydrogens is 735 g/mol. The third kappa shape index (κ3) is 9.93. The molecule has 0 spiro atoms. The van der Waals surface area contributed by atoms with Crippen LogP contribution in [0.25, 0.3) is 0 Å². The number of aliphatic hydroxyl groups excluding tert-OH is 2. The zero-order valence-corrected chi connectivity index (χ0v) is 34.8. The van der Waals surface area contributed by atoms with E-state index in [2.05, 4.69) is 23.7 Å². The average molecular weight is 796 g/mol. The maximum absolute atomic E-state index is 14.1. The molecule has 0 radical (unpaired) electrons. The number of rotatable bonds is 18. The Balaban J connectivity index is 1.51. The number of carbonyl (C=O) groups excluding carboxylic acids is 1. The standard InChI is InChI=1S/C47H61N3O8/c1-7-26-56-47-42(50(6)45(53)55-30-33-17-9-8-10-18-33)29-40(49-58-46(3,4)5)38-27-34(19-11-13-24-51)37(21-12-14-25-52)43(44(38)47)39-28-36(22-23-41(39)57-47)54-31-35-20-15-16-32(2)48-35/h7-10,15-18,20,22-23,27-28,34,37,42-44,51-52H,1,11-14,19,21,24-26,29-31H2,2-6H3. The molecule has 3 aromatic rings. The number of aliphatic hydroxyl groups is 2. The Labute approximate surface area is 343 Å². The number of nitrogens with zero attached hydrogens (tertiary/aromatic N) is 3. The molecule has 1 saturated carbocycles. The summed E-state index contributed by atoms with van der Waals surface area (Å²) < 4.78 is 26.6. The first-order chi connectivity index (χ1) is 28.0. The molecule has 6 atom stereocenters. The second-order valence-corrected chi connectivity index (χ2v) is 16.7. The minimum absolute atomic E-state index is 0.0842. The second-order valence-electron chi connectivity index (χ2n) is 16.7. The van der Waals surface area contributed by atoms with E-state index in [1.165, 1.54) is 0 Å². The van der Waals surface area contributed by atoms with Crippen LogP contribution in [0.2, 0.25) is 0 Å². The van der Waals surface area contributed by atoms with Crippen molar-refractivity contribution < 1.29 is 38.8 Å². The number of hydrogen-bond donors (Lipinski definition) is 2. The summed E-state index contributed by atoms with van der Waals surface area (Å²) in [7, 11) is 1.73. The number of unbranched alkanes of at least 4 members (excludes halogenated alkanes) is 2. The number of pyridine rings is 1. The van der Waals surface area contributed by atoms with Crippen molar-refractivity contribution in [2.75, 3.05) is 26.9 Å². The average Bonchev–Trinajstić information content (AvgIpc) is 3.21. The van der Waals surface area contributed by atoms with Crippen LogP contribution in [0.15, 0.2) is 96.2 Å². The van der Waals surface area contributed by atoms with Crippen LogP contribution in [-0.4, -0.2) is 76.2 Å². The number of carbonyl (C=O) groups is 1. The smallest absolute Gasteiger partial charge is 0.410 e. The molecule has 1 fully saturated rings. The van der Waals surface area contributed by atoms with Gasteiger partial charge in [0.2, 0.25) is 5.79 Å². The Bertz CT molecular complexity index is 1910. The van der Waals surface area contributed by atoms with Gasteiger partial charge in [0.05, 0.1) is 23.9 Å². The van der Waals surface area contributed by atoms with Crippen molar-refractivity contribution in [2.45, 2.75) is 109 Å². The van der Waals surface area contributed by atoms with Crippen molar-refractivity contribution in [3.63, 3.8) is 0 Å². The first-order valence-electron chi connectivity index (χ1n) is 20.7. The quantitative estimate of drug-likeness (QED) is 0.0738. The summed E-state index contributed by atoms with van der Waals surface area (Å²) in [5.74, 6) is -0.465. The fourth-order valence-corrected chi connectivity index (χ4v) is 8.80. The van der Waals surface area contributed by atoms with E-state index in [-0.39, 0.29) is 50.6 Å². The molecule has 1 aliphatic heterocycles. The Morgan fingerprint density at radius 3 is 2.48 bits per heavy atom. The molecule has 1 aromatic heterocycles. The van der Waals surface area contributed by atoms with Crippen molar-refractivity contribution >= 4 is 11.8 Å². The molecule has 11 heteroatoms. The van der Waals surface area contributed by atoms with E-state index in [4.69, 9.17) is 28.9 Å². The number of amides is 1. The summed E-state index contributed by atoms with van der Waals surface area (Å²) in [5, 5.41) is 24.6. The number of aromatic nitrogens is 1. The number of fused-ring (bicyclic) bond motifs is 2. The lowest BCUT2D eigenvalue weighted by molar-refractivity contribution is -0.253. The van der Waals surface area contributed by atoms with Crippen molar-refractivity contribution in [3.8, 4) is 11.5 Å². The third-order valence-electron chi connectivity index (χ3n) is 11.4. The van der Waals surface area contributed by atoms with Gasteiger partial charge in [-0.3, -0.25) is 4.98 Å². The number of ether oxygens (including phenoxy) is 4. The van der Waals surface area contributed by atoms with Gasteiger partial charge in [0.1, 0.15) is 36.4 Å². The lowest BCUT2D eigenvalue weighted by atomic mass is 9.55. The van der Waals surface area contributed by atoms with E-state index < -0.39 is 29.4 Å². The zero-order valence-electron chi connectivity index (χ0n) is 34.8. The topological polar surface area (TPSA) is 132 Å². The molecule has 2 aliphatic carbocycles. The van der Waals surface area contributed by atoms with Crippen LogP contribution < -0.4 is 9.47 Å². The van der Waals surface area contributed by atoms with Crippen LogP contribution >= 0.6 is 0 Å². The molecule has 2 N–H and O–H groups in total. The van der Waals surface area contributed by atoms with Crippen molar-refractivity contribution in [3.05, 3.63) is 114 Å². The predicted molar refractivity (Wildman–Crippen MR) is 223 cm³/mol. The molecule has 0 bridgehead atoms. The SMILES string of the molecule is C=CCOC12Oc3ccc(OCc4cccc(C)n4)cc3C3C(CCCCO)C(CCCCO)C=C(C(=NOC(C)(C)C)CC1N(C)C(=O)OCc1ccccc1)C32. The molecular formula is C47H61N3O8. The normalized spacial score (nSPS) is 24.2. The highest BCUT2D eigenvalue weighted by atomic mass is 16.7. The molecule has 58 heavy (non-hydrogen) atoms. The minimum Gasteiger partial charge on any atom is -0.487 e. The van der Waals surface area contributed by atoms with Gasteiger partial charge in [0.25, 0.3) is 0 Å². The fraction of sp³-hybridized carbons (Fsp3) is 0.511. The zero-order chi connectivity index (χ0) is 41.3. The summed E-state index contributed by atoms with van der Waals surface area (Å²) in [6, 6.07) is 20.8. The number of hydrogen-bond acceptors (Lipinski definition) is 10. The number of allylic oxidation sites excluding steroid dienone is 1. The van der Waals surface area contributed by atoms with Gasteiger partial charge in [0, 0.05) is 43.9 Å². The summed E-state index contributed by atoms with van der Waals surface area (Å²) in [5.41, 5.74) is 4.72. The summed E-state index contributed by atoms with van der Waals surface area (Å²) in [6.07, 6.45) is 8.51. The van der Waals surface area contributed by atoms with Crippen LogP contribution in [0, 0.1) is 24.7 Å². The molecule has 6 rings (SSSR count). The second kappa shape index (κ2) is 19.4. The predicted octanol–water partition coefficient (Wildman–Crippen LogP) is 8.67. The molecule has 6 unspecified atom stereocenters. The Hall–Kier alpha value is -4.71. The van der Waals surface area contributed by atoms with E-state index >= 15 is 0 Å². The number of likely N-dealkylation sites (N-methyl/N-ethyl adjacent to an activating group) is 1. The Morgan fingerprint density at radius 2 is 1.78 bits per heavy atom. The monoisotopic (exact) mass is 795 g/mol. The van der Waals surface area contributed by atoms with Gasteiger partial charge in [-0.25, -0.2) is 4.79 Å². The highest BCUT2D eigenvalue weighted by Crippen LogP contribution is 2.62. The van der Waals surface area contributed by atoms with Gasteiger partial charge in [-0.05, 0) is 107 Å². The van der Waals surface area contributed by atoms with E-state index in [0.717, 1.165) is 59.5 Å². The first-order valence-corrected chi connectivity index (χ1v) is 20.7. The summed E-state index contributed by atoms with van der Waals surface area (Å²) >= 11 is 0. The van der Waals surface area contributed by atoms with Gasteiger partial charge < -0.3 is 38.9 Å². The molecule has 3 aliphatic rings. The van der Waals surface area contributed by atoms with Crippen LogP contribution in [0.1, 0.15) is 94.1 Å². The number of aryl methyl sites for hydroxylation is 1. The van der Waals surface area contributed by atoms with E-state index in [1.807, 2.05) is 88.4 Å². The number of benzene rings is 2. The maximum Gasteiger partial charge on any atom is 0.410 e. The lowest BCUT2D eigenvalue weighted by Gasteiger charge is -2.59. The van der Waals surface area contributed by atoms with E-state index in [1.54, 1.807) is 18.0 Å². The van der Waals surface area contributed by atoms with Gasteiger partial charge >= 0.3 is 6.09 Å². The van der Waals surface area contributed by atoms with E-state index in [0.29, 0.717) is 30.9 Å². The largest absolute Gasteiger partial charge is 0.487 e. The van der Waals surface area contributed by atoms with Crippen molar-refractivity contribution in [1.82, 2.24) is 9.88 Å². The molecule has 1 amide bonds. The molecule has 2 heterocycles. The van der Waals surface area contributed by atoms with Crippen LogP contribution in [0.3, 0.4) is 0 Å². The summed E-state index contributed by atoms with van der Waals surface area (Å²) in [4.78, 5) is 26.6. The Morgan fingerprint density at radius 1 is 1.02 bits per heavy atom. The highest BCUT2D eigenvalue weighted by molar-refractivity contribution is 6.03. The summed E-state index contributed by atoms with van der Waals surface area (Å²) in [6.45, 7) is 12.7. The highest BCUT2D eigenvalue weighted by Gasteiger charge is 2.65. The first kappa shape index (κ1) is 42.9. The van der Waals surface area contributed by atoms with Crippen LogP contribution in [-0.2, 0) is 27.5 Å². The lowest BCUT2D eigenvalue weighted by Crippen LogP contribution is -2.69. The van der Waals surface area contributed by atoms with Crippen LogP contribution in [0.4, 0.5) is 4.79 Å². The van der Waals surface area contributed by atoms with E-state index in [9.17, 15) is 15.0 Å². The third-order valence-corrected chi connectivity index (χ3v) is 11.4. The van der Waals surface area contributed by atoms with Gasteiger partial charge in [0.15, 0.2) is 0 Å². The minimum atomic E-state index is -1.38. The van der Waals surface area contributed by atoms with Crippen LogP contribution in [0.5, 0.6) is 11.5 Å². The fourth-order valence-electron chi connectivity index (χ4n) is 8.80. The molecule has 11 nitrogen and oxygen atoms in total. The maximum atomic E-state index is 14.1. The van der Waals surface area contributed by atoms with Crippen molar-refractivity contribution in [1.29, 1.82) is 0 Å². The Kier molecular flexibility index (Phi) is 14.3.